The van der Waals surface area contributed by atoms with Gasteiger partial charge in [0.05, 0.1) is 0 Å². The number of hydrogen-bond acceptors (Lipinski definition) is 2. The summed E-state index contributed by atoms with van der Waals surface area (Å²) in [6.45, 7) is 0. The molecule has 2 aliphatic rings. The van der Waals surface area contributed by atoms with Gasteiger partial charge in [-0.2, -0.15) is 11.3 Å². The van der Waals surface area contributed by atoms with E-state index in [4.69, 9.17) is 0 Å². The summed E-state index contributed by atoms with van der Waals surface area (Å²) < 4.78 is 1.26. The van der Waals surface area contributed by atoms with Gasteiger partial charge >= 0.3 is 0 Å². The van der Waals surface area contributed by atoms with Gasteiger partial charge in [0.15, 0.2) is 0 Å². The fourth-order valence-corrected chi connectivity index (χ4v) is 5.72. The topological polar surface area (TPSA) is 12.0 Å². The second-order valence-electron chi connectivity index (χ2n) is 5.95. The molecule has 2 aromatic rings. The Labute approximate surface area is 132 Å². The van der Waals surface area contributed by atoms with Crippen LogP contribution in [0.5, 0.6) is 0 Å². The number of halogens is 1. The molecule has 1 fully saturated rings. The summed E-state index contributed by atoms with van der Waals surface area (Å²) in [5.74, 6) is 2.40. The highest BCUT2D eigenvalue weighted by molar-refractivity contribution is 9.10. The molecule has 0 saturated heterocycles. The molecule has 0 amide bonds. The number of fused-ring (bicyclic) bond motifs is 3. The minimum absolute atomic E-state index is 0.483. The highest BCUT2D eigenvalue weighted by Gasteiger charge is 2.56. The van der Waals surface area contributed by atoms with Crippen molar-refractivity contribution in [1.82, 2.24) is 5.32 Å². The zero-order valence-electron chi connectivity index (χ0n) is 11.5. The predicted octanol–water partition coefficient (Wildman–Crippen LogP) is 4.75. The zero-order valence-corrected chi connectivity index (χ0v) is 13.9. The number of hydrogen-bond donors (Lipinski definition) is 1. The van der Waals surface area contributed by atoms with Crippen molar-refractivity contribution in [2.75, 3.05) is 7.05 Å². The molecular weight excluding hydrogens is 330 g/mol. The van der Waals surface area contributed by atoms with Crippen LogP contribution in [0.1, 0.15) is 35.1 Å². The first-order chi connectivity index (χ1) is 9.81. The van der Waals surface area contributed by atoms with Crippen LogP contribution >= 0.6 is 27.3 Å². The minimum atomic E-state index is 0.483. The summed E-state index contributed by atoms with van der Waals surface area (Å²) in [7, 11) is 2.10. The van der Waals surface area contributed by atoms with E-state index in [9.17, 15) is 0 Å². The fraction of sp³-hybridized carbons (Fsp3) is 0.412. The van der Waals surface area contributed by atoms with Crippen molar-refractivity contribution in [3.63, 3.8) is 0 Å². The molecule has 1 N–H and O–H groups in total. The third-order valence-corrected chi connectivity index (χ3v) is 6.82. The average Bonchev–Trinajstić information content (AvgIpc) is 3.06. The average molecular weight is 348 g/mol. The molecule has 1 nitrogen and oxygen atoms in total. The molecule has 0 radical (unpaired) electrons. The van der Waals surface area contributed by atoms with Crippen LogP contribution in [0.2, 0.25) is 0 Å². The monoisotopic (exact) mass is 347 g/mol. The van der Waals surface area contributed by atoms with E-state index < -0.39 is 0 Å². The first-order valence-electron chi connectivity index (χ1n) is 7.28. The molecule has 2 aliphatic carbocycles. The van der Waals surface area contributed by atoms with Crippen LogP contribution in [0.15, 0.2) is 39.5 Å². The van der Waals surface area contributed by atoms with Crippen LogP contribution in [-0.4, -0.2) is 7.05 Å². The first kappa shape index (κ1) is 13.1. The Morgan fingerprint density at radius 1 is 1.30 bits per heavy atom. The van der Waals surface area contributed by atoms with Gasteiger partial charge in [0, 0.05) is 15.9 Å². The summed E-state index contributed by atoms with van der Waals surface area (Å²) in [5.41, 5.74) is 4.63. The lowest BCUT2D eigenvalue weighted by molar-refractivity contribution is 0.484. The molecule has 4 rings (SSSR count). The summed E-state index contributed by atoms with van der Waals surface area (Å²) in [5, 5.41) is 8.06. The van der Waals surface area contributed by atoms with Crippen LogP contribution in [0, 0.1) is 11.8 Å². The Hall–Kier alpha value is -0.640. The SMILES string of the molecule is CNC(c1cscc1Br)C1C2CCc3ccccc3C21. The van der Waals surface area contributed by atoms with Gasteiger partial charge in [0.25, 0.3) is 0 Å². The number of thiophene rings is 1. The lowest BCUT2D eigenvalue weighted by Gasteiger charge is -2.16. The Morgan fingerprint density at radius 2 is 2.15 bits per heavy atom. The van der Waals surface area contributed by atoms with E-state index in [0.717, 1.165) is 17.8 Å². The van der Waals surface area contributed by atoms with E-state index in [-0.39, 0.29) is 0 Å². The maximum absolute atomic E-state index is 3.71. The van der Waals surface area contributed by atoms with E-state index in [1.165, 1.54) is 22.9 Å². The Balaban J connectivity index is 1.67. The van der Waals surface area contributed by atoms with Gasteiger partial charge in [-0.25, -0.2) is 0 Å². The van der Waals surface area contributed by atoms with Crippen molar-refractivity contribution in [1.29, 1.82) is 0 Å². The van der Waals surface area contributed by atoms with E-state index >= 15 is 0 Å². The molecule has 4 unspecified atom stereocenters. The van der Waals surface area contributed by atoms with Crippen LogP contribution < -0.4 is 5.32 Å². The summed E-state index contributed by atoms with van der Waals surface area (Å²) >= 11 is 5.49. The van der Waals surface area contributed by atoms with Crippen LogP contribution in [0.4, 0.5) is 0 Å². The maximum atomic E-state index is 3.71. The second kappa shape index (κ2) is 4.97. The van der Waals surface area contributed by atoms with Gasteiger partial charge in [0.2, 0.25) is 0 Å². The molecule has 4 atom stereocenters. The molecule has 1 saturated carbocycles. The zero-order chi connectivity index (χ0) is 13.7. The lowest BCUT2D eigenvalue weighted by atomic mass is 9.92. The van der Waals surface area contributed by atoms with Gasteiger partial charge in [-0.3, -0.25) is 0 Å². The molecule has 1 heterocycles. The Bertz CT molecular complexity index is 635. The predicted molar refractivity (Wildman–Crippen MR) is 88.3 cm³/mol. The van der Waals surface area contributed by atoms with Gasteiger partial charge in [0.1, 0.15) is 0 Å². The highest BCUT2D eigenvalue weighted by atomic mass is 79.9. The number of benzene rings is 1. The third-order valence-electron chi connectivity index (χ3n) is 5.06. The third kappa shape index (κ3) is 1.91. The van der Waals surface area contributed by atoms with Crippen LogP contribution in [0.25, 0.3) is 0 Å². The van der Waals surface area contributed by atoms with Crippen LogP contribution in [0.3, 0.4) is 0 Å². The summed E-state index contributed by atoms with van der Waals surface area (Å²) in [4.78, 5) is 0. The molecule has 0 spiro atoms. The lowest BCUT2D eigenvalue weighted by Crippen LogP contribution is -2.19. The van der Waals surface area contributed by atoms with Gasteiger partial charge < -0.3 is 5.32 Å². The van der Waals surface area contributed by atoms with Crippen molar-refractivity contribution in [3.8, 4) is 0 Å². The molecule has 104 valence electrons. The summed E-state index contributed by atoms with van der Waals surface area (Å²) in [6, 6.07) is 9.53. The number of nitrogens with one attached hydrogen (secondary N) is 1. The smallest absolute Gasteiger partial charge is 0.0374 e. The normalized spacial score (nSPS) is 28.6. The molecule has 1 aromatic heterocycles. The van der Waals surface area contributed by atoms with Crippen molar-refractivity contribution in [2.24, 2.45) is 11.8 Å². The van der Waals surface area contributed by atoms with E-state index in [1.807, 2.05) is 0 Å². The fourth-order valence-electron chi connectivity index (χ4n) is 4.14. The standard InChI is InChI=1S/C17H18BrNS/c1-19-17(13-8-20-9-14(13)18)16-12-7-6-10-4-2-3-5-11(10)15(12)16/h2-5,8-9,12,15-17,19H,6-7H2,1H3. The van der Waals surface area contributed by atoms with Crippen molar-refractivity contribution >= 4 is 27.3 Å². The molecule has 0 aliphatic heterocycles. The second-order valence-corrected chi connectivity index (χ2v) is 7.54. The number of aryl methyl sites for hydroxylation is 1. The largest absolute Gasteiger partial charge is 0.313 e. The first-order valence-corrected chi connectivity index (χ1v) is 9.01. The molecule has 3 heteroatoms. The van der Waals surface area contributed by atoms with Gasteiger partial charge in [-0.15, -0.1) is 0 Å². The van der Waals surface area contributed by atoms with E-state index in [1.54, 1.807) is 22.5 Å². The van der Waals surface area contributed by atoms with Crippen molar-refractivity contribution < 1.29 is 0 Å². The van der Waals surface area contributed by atoms with Gasteiger partial charge in [-0.05, 0) is 75.6 Å². The van der Waals surface area contributed by atoms with Crippen molar-refractivity contribution in [2.45, 2.75) is 24.8 Å². The minimum Gasteiger partial charge on any atom is -0.313 e. The molecule has 0 bridgehead atoms. The Morgan fingerprint density at radius 3 is 2.90 bits per heavy atom. The van der Waals surface area contributed by atoms with Crippen molar-refractivity contribution in [3.05, 3.63) is 56.2 Å². The summed E-state index contributed by atoms with van der Waals surface area (Å²) in [6.07, 6.45) is 2.61. The highest BCUT2D eigenvalue weighted by Crippen LogP contribution is 2.64. The van der Waals surface area contributed by atoms with Gasteiger partial charge in [-0.1, -0.05) is 24.3 Å². The Kier molecular flexibility index (Phi) is 3.24. The molecule has 20 heavy (non-hydrogen) atoms. The van der Waals surface area contributed by atoms with Crippen LogP contribution in [-0.2, 0) is 6.42 Å². The molecular formula is C17H18BrNS. The van der Waals surface area contributed by atoms with E-state index in [0.29, 0.717) is 6.04 Å². The quantitative estimate of drug-likeness (QED) is 0.844. The number of rotatable bonds is 3. The molecule has 1 aromatic carbocycles. The maximum Gasteiger partial charge on any atom is 0.0374 e. The van der Waals surface area contributed by atoms with E-state index in [2.05, 4.69) is 63.3 Å².